The Balaban J connectivity index is 3.33. The molecule has 120 valence electrons. The molecule has 8 nitrogen and oxygen atoms in total. The first kappa shape index (κ1) is 17.8. The lowest BCUT2D eigenvalue weighted by Gasteiger charge is -2.20. The largest absolute Gasteiger partial charge is 0.396 e. The maximum Gasteiger partial charge on any atom is 0.396 e. The number of nitrogens with zero attached hydrogens (tertiary/aromatic N) is 3. The molecule has 0 radical (unpaired) electrons. The maximum atomic E-state index is 11.8. The van der Waals surface area contributed by atoms with Crippen molar-refractivity contribution in [3.05, 3.63) is 29.8 Å². The molecule has 0 saturated heterocycles. The molecule has 0 saturated carbocycles. The highest BCUT2D eigenvalue weighted by Crippen LogP contribution is 2.33. The van der Waals surface area contributed by atoms with E-state index in [1.54, 1.807) is 32.8 Å². The van der Waals surface area contributed by atoms with Crippen LogP contribution in [0.4, 0.5) is 17.1 Å². The Morgan fingerprint density at radius 3 is 2.41 bits per heavy atom. The lowest BCUT2D eigenvalue weighted by Crippen LogP contribution is -2.17. The molecule has 1 aromatic rings. The first-order chi connectivity index (χ1) is 10.0. The summed E-state index contributed by atoms with van der Waals surface area (Å²) in [5.74, 6) is -0.321. The van der Waals surface area contributed by atoms with Crippen molar-refractivity contribution in [2.24, 2.45) is 9.63 Å². The zero-order valence-corrected chi connectivity index (χ0v) is 13.6. The van der Waals surface area contributed by atoms with Crippen molar-refractivity contribution in [1.82, 2.24) is 0 Å². The highest BCUT2D eigenvalue weighted by Gasteiger charge is 2.14. The van der Waals surface area contributed by atoms with Crippen molar-refractivity contribution in [3.63, 3.8) is 0 Å². The Bertz CT molecular complexity index is 739. The van der Waals surface area contributed by atoms with Crippen LogP contribution < -0.4 is 10.2 Å². The Hall–Kier alpha value is -2.26. The lowest BCUT2D eigenvalue weighted by atomic mass is 10.1. The smallest absolute Gasteiger partial charge is 0.376 e. The van der Waals surface area contributed by atoms with E-state index in [1.165, 1.54) is 12.1 Å². The lowest BCUT2D eigenvalue weighted by molar-refractivity contribution is -0.112. The van der Waals surface area contributed by atoms with Gasteiger partial charge in [-0.3, -0.25) is 9.35 Å². The Labute approximate surface area is 129 Å². The summed E-state index contributed by atoms with van der Waals surface area (Å²) < 4.78 is 32.6. The average Bonchev–Trinajstić information content (AvgIpc) is 2.37. The molecule has 0 unspecified atom stereocenters. The molecule has 0 spiro atoms. The first-order valence-electron chi connectivity index (χ1n) is 6.20. The number of amides is 1. The number of hydrogen-bond acceptors (Lipinski definition) is 5. The van der Waals surface area contributed by atoms with Gasteiger partial charge >= 0.3 is 10.3 Å². The fourth-order valence-electron chi connectivity index (χ4n) is 1.64. The van der Waals surface area contributed by atoms with Gasteiger partial charge in [-0.25, -0.2) is 0 Å². The van der Waals surface area contributed by atoms with Crippen molar-refractivity contribution in [1.29, 1.82) is 0 Å². The number of anilines is 2. The number of carbonyl (C=O) groups excluding carboxylic acids is 1. The topological polar surface area (TPSA) is 111 Å². The molecular formula is C13H18N4O4S. The van der Waals surface area contributed by atoms with Gasteiger partial charge < -0.3 is 10.2 Å². The predicted octanol–water partition coefficient (Wildman–Crippen LogP) is 2.46. The third-order valence-electron chi connectivity index (χ3n) is 2.67. The molecule has 9 heteroatoms. The van der Waals surface area contributed by atoms with Crippen LogP contribution in [-0.2, 0) is 15.1 Å². The van der Waals surface area contributed by atoms with Gasteiger partial charge in [-0.05, 0) is 36.1 Å². The molecular weight excluding hydrogens is 308 g/mol. The Morgan fingerprint density at radius 2 is 1.95 bits per heavy atom. The second-order valence-corrected chi connectivity index (χ2v) is 5.97. The number of aryl methyl sites for hydroxylation is 1. The quantitative estimate of drug-likeness (QED) is 0.490. The second-order valence-electron chi connectivity index (χ2n) is 4.92. The Kier molecular flexibility index (Phi) is 5.39. The van der Waals surface area contributed by atoms with E-state index < -0.39 is 10.3 Å². The van der Waals surface area contributed by atoms with Gasteiger partial charge in [0.15, 0.2) is 0 Å². The van der Waals surface area contributed by atoms with Gasteiger partial charge in [-0.1, -0.05) is 6.58 Å². The molecule has 0 fully saturated rings. The van der Waals surface area contributed by atoms with Crippen molar-refractivity contribution in [2.45, 2.75) is 13.8 Å². The van der Waals surface area contributed by atoms with Gasteiger partial charge in [0, 0.05) is 19.7 Å². The van der Waals surface area contributed by atoms with Crippen molar-refractivity contribution in [3.8, 4) is 0 Å². The zero-order chi connectivity index (χ0) is 17.1. The minimum atomic E-state index is -4.55. The van der Waals surface area contributed by atoms with E-state index in [1.807, 2.05) is 0 Å². The van der Waals surface area contributed by atoms with Crippen LogP contribution in [0.3, 0.4) is 0 Å². The summed E-state index contributed by atoms with van der Waals surface area (Å²) in [6, 6.07) is 3.07. The van der Waals surface area contributed by atoms with E-state index in [0.717, 1.165) is 0 Å². The summed E-state index contributed by atoms with van der Waals surface area (Å²) in [4.78, 5) is 13.5. The number of rotatable bonds is 5. The van der Waals surface area contributed by atoms with Crippen molar-refractivity contribution >= 4 is 33.3 Å². The molecule has 0 aromatic heterocycles. The normalized spacial score (nSPS) is 11.5. The van der Waals surface area contributed by atoms with Crippen molar-refractivity contribution < 1.29 is 17.8 Å². The molecule has 2 N–H and O–H groups in total. The summed E-state index contributed by atoms with van der Waals surface area (Å²) in [7, 11) is -1.03. The van der Waals surface area contributed by atoms with Crippen LogP contribution >= 0.6 is 0 Å². The number of nitrogens with one attached hydrogen (secondary N) is 1. The standard InChI is InChI=1S/C13H18N4O4S/c1-8(2)13(18)14-12-9(3)6-10(7-11(12)17(4)5)15-16-22(19,20)21/h6-7H,1H2,2-5H3,(H,14,18)(H,19,20,21). The van der Waals surface area contributed by atoms with E-state index in [2.05, 4.69) is 21.5 Å². The number of carbonyl (C=O) groups is 1. The molecule has 0 bridgehead atoms. The van der Waals surface area contributed by atoms with Crippen LogP contribution in [0.2, 0.25) is 0 Å². The minimum absolute atomic E-state index is 0.229. The minimum Gasteiger partial charge on any atom is -0.376 e. The van der Waals surface area contributed by atoms with Crippen LogP contribution in [0.1, 0.15) is 12.5 Å². The fraction of sp³-hybridized carbons (Fsp3) is 0.308. The van der Waals surface area contributed by atoms with Crippen LogP contribution in [0.25, 0.3) is 0 Å². The van der Waals surface area contributed by atoms with Gasteiger partial charge in [0.1, 0.15) is 0 Å². The molecule has 1 aromatic carbocycles. The molecule has 22 heavy (non-hydrogen) atoms. The third-order valence-corrected chi connectivity index (χ3v) is 2.95. The number of benzene rings is 1. The van der Waals surface area contributed by atoms with E-state index in [9.17, 15) is 13.2 Å². The van der Waals surface area contributed by atoms with Crippen LogP contribution in [0.5, 0.6) is 0 Å². The zero-order valence-electron chi connectivity index (χ0n) is 12.8. The summed E-state index contributed by atoms with van der Waals surface area (Å²) in [6.07, 6.45) is 0. The molecule has 1 amide bonds. The van der Waals surface area contributed by atoms with Gasteiger partial charge in [0.2, 0.25) is 0 Å². The SMILES string of the molecule is C=C(C)C(=O)Nc1c(C)cc(N=NS(=O)(=O)O)cc1N(C)C. The molecule has 1 rings (SSSR count). The molecule has 0 aliphatic carbocycles. The van der Waals surface area contributed by atoms with Gasteiger partial charge in [0.05, 0.1) is 17.1 Å². The summed E-state index contributed by atoms with van der Waals surface area (Å²) in [5, 5.41) is 6.21. The monoisotopic (exact) mass is 326 g/mol. The van der Waals surface area contributed by atoms with Gasteiger partial charge in [-0.2, -0.15) is 8.42 Å². The average molecular weight is 326 g/mol. The third kappa shape index (κ3) is 4.93. The first-order valence-corrected chi connectivity index (χ1v) is 7.60. The van der Waals surface area contributed by atoms with Crippen molar-refractivity contribution in [2.75, 3.05) is 24.3 Å². The molecule has 0 atom stereocenters. The molecule has 0 aliphatic heterocycles. The summed E-state index contributed by atoms with van der Waals surface area (Å²) in [6.45, 7) is 6.90. The second kappa shape index (κ2) is 6.67. The van der Waals surface area contributed by atoms with E-state index in [0.29, 0.717) is 22.5 Å². The number of hydrogen-bond donors (Lipinski definition) is 2. The molecule has 0 heterocycles. The van der Waals surface area contributed by atoms with E-state index >= 15 is 0 Å². The van der Waals surface area contributed by atoms with Gasteiger partial charge in [0.25, 0.3) is 5.91 Å². The van der Waals surface area contributed by atoms with Gasteiger partial charge in [-0.15, -0.1) is 5.11 Å². The highest BCUT2D eigenvalue weighted by molar-refractivity contribution is 7.84. The van der Waals surface area contributed by atoms with Crippen LogP contribution in [-0.4, -0.2) is 33.0 Å². The predicted molar refractivity (Wildman–Crippen MR) is 85.0 cm³/mol. The van der Waals surface area contributed by atoms with Crippen LogP contribution in [0.15, 0.2) is 33.9 Å². The maximum absolute atomic E-state index is 11.8. The fourth-order valence-corrected chi connectivity index (χ4v) is 1.84. The highest BCUT2D eigenvalue weighted by atomic mass is 32.2. The van der Waals surface area contributed by atoms with Crippen LogP contribution in [0, 0.1) is 6.92 Å². The summed E-state index contributed by atoms with van der Waals surface area (Å²) in [5.41, 5.74) is 2.42. The Morgan fingerprint density at radius 1 is 1.36 bits per heavy atom. The van der Waals surface area contributed by atoms with E-state index in [4.69, 9.17) is 4.55 Å². The molecule has 0 aliphatic rings. The van der Waals surface area contributed by atoms with E-state index in [-0.39, 0.29) is 11.6 Å². The summed E-state index contributed by atoms with van der Waals surface area (Å²) >= 11 is 0.